The fourth-order valence-electron chi connectivity index (χ4n) is 4.83. The van der Waals surface area contributed by atoms with E-state index < -0.39 is 9.73 Å². The normalized spacial score (nSPS) is 13.8. The van der Waals surface area contributed by atoms with E-state index in [9.17, 15) is 9.00 Å². The van der Waals surface area contributed by atoms with Gasteiger partial charge in [0.15, 0.2) is 17.3 Å². The van der Waals surface area contributed by atoms with Gasteiger partial charge in [-0.1, -0.05) is 12.1 Å². The molecule has 4 aromatic rings. The summed E-state index contributed by atoms with van der Waals surface area (Å²) in [5.41, 5.74) is 4.65. The van der Waals surface area contributed by atoms with E-state index in [1.165, 1.54) is 22.0 Å². The van der Waals surface area contributed by atoms with Crippen LogP contribution in [0.4, 0.5) is 17.5 Å². The van der Waals surface area contributed by atoms with E-state index in [0.717, 1.165) is 30.8 Å². The number of nitrogens with one attached hydrogen (secondary N) is 1. The lowest BCUT2D eigenvalue weighted by Gasteiger charge is -2.27. The van der Waals surface area contributed by atoms with E-state index in [-0.39, 0.29) is 12.1 Å². The molecule has 0 bridgehead atoms. The lowest BCUT2D eigenvalue weighted by molar-refractivity contribution is 0.183. The monoisotopic (exact) mass is 548 g/mol. The van der Waals surface area contributed by atoms with Crippen LogP contribution in [0, 0.1) is 0 Å². The van der Waals surface area contributed by atoms with E-state index in [0.29, 0.717) is 35.2 Å². The number of anilines is 2. The van der Waals surface area contributed by atoms with Crippen LogP contribution in [-0.2, 0) is 40.6 Å². The molecule has 0 unspecified atom stereocenters. The van der Waals surface area contributed by atoms with E-state index in [4.69, 9.17) is 9.72 Å². The van der Waals surface area contributed by atoms with Crippen LogP contribution in [0.5, 0.6) is 0 Å². The average Bonchev–Trinajstić information content (AvgIpc) is 3.14. The molecule has 0 spiro atoms. The fraction of sp³-hybridized carbons (Fsp3) is 0.333. The predicted octanol–water partition coefficient (Wildman–Crippen LogP) is 3.40. The summed E-state index contributed by atoms with van der Waals surface area (Å²) in [4.78, 5) is 29.3. The van der Waals surface area contributed by atoms with Gasteiger partial charge in [0.25, 0.3) is 5.56 Å². The quantitative estimate of drug-likeness (QED) is 0.333. The van der Waals surface area contributed by atoms with Crippen molar-refractivity contribution in [3.05, 3.63) is 76.2 Å². The van der Waals surface area contributed by atoms with Gasteiger partial charge in [0, 0.05) is 54.3 Å². The molecule has 0 saturated heterocycles. The predicted molar refractivity (Wildman–Crippen MR) is 154 cm³/mol. The lowest BCUT2D eigenvalue weighted by atomic mass is 9.94. The molecule has 5 rings (SSSR count). The Kier molecular flexibility index (Phi) is 7.34. The number of ether oxygens (including phenoxy) is 1. The van der Waals surface area contributed by atoms with Crippen molar-refractivity contribution in [2.75, 3.05) is 38.5 Å². The molecule has 0 atom stereocenters. The van der Waals surface area contributed by atoms with Crippen molar-refractivity contribution in [3.63, 3.8) is 0 Å². The largest absolute Gasteiger partial charge is 0.380 e. The summed E-state index contributed by atoms with van der Waals surface area (Å²) in [6.45, 7) is 6.39. The molecule has 4 heterocycles. The second-order valence-electron chi connectivity index (χ2n) is 9.86. The van der Waals surface area contributed by atoms with Gasteiger partial charge in [-0.15, -0.1) is 6.58 Å². The molecule has 0 amide bonds. The van der Waals surface area contributed by atoms with Gasteiger partial charge < -0.3 is 15.0 Å². The Morgan fingerprint density at radius 1 is 1.26 bits per heavy atom. The zero-order chi connectivity index (χ0) is 27.7. The molecule has 1 aliphatic rings. The third-order valence-electron chi connectivity index (χ3n) is 6.40. The number of rotatable bonds is 8. The number of hydrogen-bond donors (Lipinski definition) is 1. The van der Waals surface area contributed by atoms with Crippen molar-refractivity contribution in [2.24, 2.45) is 4.36 Å². The van der Waals surface area contributed by atoms with E-state index >= 15 is 0 Å². The third-order valence-corrected chi connectivity index (χ3v) is 7.03. The minimum absolute atomic E-state index is 0.234. The highest BCUT2D eigenvalue weighted by atomic mass is 32.2. The van der Waals surface area contributed by atoms with Gasteiger partial charge in [-0.2, -0.15) is 9.35 Å². The zero-order valence-electron chi connectivity index (χ0n) is 22.5. The SMILES string of the molecule is C=CCn1c(=O)c2cnc(Nc3cc(COC)c4c(c3)CN(C)CC4)nc2n1-c1cccc(N=S(C)(C)=O)n1. The highest BCUT2D eigenvalue weighted by Gasteiger charge is 2.20. The van der Waals surface area contributed by atoms with Crippen LogP contribution in [0.2, 0.25) is 0 Å². The van der Waals surface area contributed by atoms with Crippen molar-refractivity contribution in [1.29, 1.82) is 0 Å². The maximum Gasteiger partial charge on any atom is 0.278 e. The molecule has 3 aromatic heterocycles. The van der Waals surface area contributed by atoms with Gasteiger partial charge >= 0.3 is 0 Å². The Morgan fingerprint density at radius 3 is 2.82 bits per heavy atom. The van der Waals surface area contributed by atoms with E-state index in [2.05, 4.69) is 50.3 Å². The van der Waals surface area contributed by atoms with Crippen molar-refractivity contribution >= 4 is 38.2 Å². The Hall–Kier alpha value is -3.87. The van der Waals surface area contributed by atoms with Crippen LogP contribution in [0.1, 0.15) is 16.7 Å². The van der Waals surface area contributed by atoms with Crippen LogP contribution in [-0.4, -0.2) is 66.6 Å². The summed E-state index contributed by atoms with van der Waals surface area (Å²) < 4.78 is 25.1. The number of allylic oxidation sites excluding steroid dienone is 1. The maximum atomic E-state index is 13.3. The third kappa shape index (κ3) is 5.63. The highest BCUT2D eigenvalue weighted by Crippen LogP contribution is 2.28. The van der Waals surface area contributed by atoms with Gasteiger partial charge in [0.2, 0.25) is 5.95 Å². The first-order chi connectivity index (χ1) is 18.7. The summed E-state index contributed by atoms with van der Waals surface area (Å²) in [6, 6.07) is 9.36. The Labute approximate surface area is 227 Å². The van der Waals surface area contributed by atoms with Crippen molar-refractivity contribution in [2.45, 2.75) is 26.1 Å². The Bertz CT molecular complexity index is 1720. The number of hydrogen-bond acceptors (Lipinski definition) is 9. The molecule has 11 nitrogen and oxygen atoms in total. The zero-order valence-corrected chi connectivity index (χ0v) is 23.4. The van der Waals surface area contributed by atoms with E-state index in [1.54, 1.807) is 48.6 Å². The number of aromatic nitrogens is 5. The minimum Gasteiger partial charge on any atom is -0.380 e. The van der Waals surface area contributed by atoms with Crippen LogP contribution in [0.15, 0.2) is 58.3 Å². The Morgan fingerprint density at radius 2 is 2.08 bits per heavy atom. The number of fused-ring (bicyclic) bond motifs is 2. The molecule has 204 valence electrons. The number of methoxy groups -OCH3 is 1. The number of pyridine rings is 1. The second-order valence-corrected chi connectivity index (χ2v) is 12.4. The topological polar surface area (TPSA) is 120 Å². The summed E-state index contributed by atoms with van der Waals surface area (Å²) in [5.74, 6) is 1.06. The van der Waals surface area contributed by atoms with Gasteiger partial charge in [-0.3, -0.25) is 4.79 Å². The van der Waals surface area contributed by atoms with Gasteiger partial charge in [-0.25, -0.2) is 23.5 Å². The number of nitrogens with zero attached hydrogens (tertiary/aromatic N) is 7. The van der Waals surface area contributed by atoms with Crippen LogP contribution < -0.4 is 10.9 Å². The minimum atomic E-state index is -2.42. The van der Waals surface area contributed by atoms with Crippen LogP contribution in [0.3, 0.4) is 0 Å². The maximum absolute atomic E-state index is 13.3. The van der Waals surface area contributed by atoms with E-state index in [1.807, 2.05) is 0 Å². The van der Waals surface area contributed by atoms with Gasteiger partial charge in [0.05, 0.1) is 13.2 Å². The lowest BCUT2D eigenvalue weighted by Crippen LogP contribution is -2.27. The van der Waals surface area contributed by atoms with Gasteiger partial charge in [0.1, 0.15) is 5.39 Å². The first-order valence-corrected chi connectivity index (χ1v) is 14.8. The summed E-state index contributed by atoms with van der Waals surface area (Å²) >= 11 is 0. The number of likely N-dealkylation sites (N-methyl/N-ethyl adjacent to an activating group) is 1. The molecule has 1 aromatic carbocycles. The molecule has 0 aliphatic carbocycles. The van der Waals surface area contributed by atoms with Crippen LogP contribution in [0.25, 0.3) is 16.9 Å². The molecule has 39 heavy (non-hydrogen) atoms. The van der Waals surface area contributed by atoms with Crippen LogP contribution >= 0.6 is 0 Å². The molecule has 1 aliphatic heterocycles. The molecular weight excluding hydrogens is 516 g/mol. The summed E-state index contributed by atoms with van der Waals surface area (Å²) in [6.07, 6.45) is 7.21. The van der Waals surface area contributed by atoms with Gasteiger partial charge in [-0.05, 0) is 54.4 Å². The van der Waals surface area contributed by atoms with Crippen molar-refractivity contribution in [3.8, 4) is 5.82 Å². The highest BCUT2D eigenvalue weighted by molar-refractivity contribution is 7.92. The molecule has 12 heteroatoms. The fourth-order valence-corrected chi connectivity index (χ4v) is 5.38. The average molecular weight is 549 g/mol. The second kappa shape index (κ2) is 10.7. The molecule has 0 saturated carbocycles. The Balaban J connectivity index is 1.62. The first-order valence-electron chi connectivity index (χ1n) is 12.5. The summed E-state index contributed by atoms with van der Waals surface area (Å²) in [7, 11) is 1.38. The number of benzene rings is 1. The molecule has 1 N–H and O–H groups in total. The van der Waals surface area contributed by atoms with Crippen molar-refractivity contribution in [1.82, 2.24) is 29.2 Å². The van der Waals surface area contributed by atoms with Crippen molar-refractivity contribution < 1.29 is 8.95 Å². The molecule has 0 fully saturated rings. The first kappa shape index (κ1) is 26.7. The molecular formula is C27H32N8O3S. The standard InChI is InChI=1S/C27H32N8O3S/c1-6-11-34-26(36)22-15-28-27(29-20-13-18-16-33(2)12-10-21(18)19(14-20)17-38-3)31-25(22)35(34)24-9-7-8-23(30-24)32-39(4,5)37/h6-9,13-15H,1,10-12,16-17H2,2-5H3,(H,28,29,31). The summed E-state index contributed by atoms with van der Waals surface area (Å²) in [5, 5.41) is 3.66. The molecule has 0 radical (unpaired) electrons. The smallest absolute Gasteiger partial charge is 0.278 e.